The molecule has 0 rings (SSSR count). The molecule has 1 atom stereocenters. The van der Waals surface area contributed by atoms with Gasteiger partial charge in [-0.15, -0.1) is 0 Å². The summed E-state index contributed by atoms with van der Waals surface area (Å²) in [6, 6.07) is -0.499. The lowest BCUT2D eigenvalue weighted by molar-refractivity contribution is -0.140. The lowest BCUT2D eigenvalue weighted by Crippen LogP contribution is -2.48. The molecule has 1 unspecified atom stereocenters. The summed E-state index contributed by atoms with van der Waals surface area (Å²) in [4.78, 5) is 13.3. The maximum atomic E-state index is 11.2. The lowest BCUT2D eigenvalue weighted by atomic mass is 10.2. The van der Waals surface area contributed by atoms with E-state index in [1.165, 1.54) is 0 Å². The highest BCUT2D eigenvalue weighted by atomic mass is 16.5. The molecule has 0 saturated carbocycles. The van der Waals surface area contributed by atoms with Crippen LogP contribution in [0.4, 0.5) is 0 Å². The first-order valence-corrected chi connectivity index (χ1v) is 6.68. The van der Waals surface area contributed by atoms with Crippen molar-refractivity contribution in [1.82, 2.24) is 10.2 Å². The molecule has 5 heteroatoms. The van der Waals surface area contributed by atoms with Crippen LogP contribution in [0.3, 0.4) is 0 Å². The van der Waals surface area contributed by atoms with E-state index in [1.54, 1.807) is 7.11 Å². The average Bonchev–Trinajstić information content (AvgIpc) is 2.30. The first-order valence-electron chi connectivity index (χ1n) is 6.68. The molecule has 0 bridgehead atoms. The van der Waals surface area contributed by atoms with Gasteiger partial charge in [0.15, 0.2) is 0 Å². The number of aliphatic carboxylic acids is 1. The molecule has 0 radical (unpaired) electrons. The van der Waals surface area contributed by atoms with Gasteiger partial charge >= 0.3 is 5.97 Å². The number of nitrogens with one attached hydrogen (secondary N) is 1. The first kappa shape index (κ1) is 17.4. The number of nitrogens with zero attached hydrogens (tertiary/aromatic N) is 1. The Labute approximate surface area is 110 Å². The number of hydrogen-bond donors (Lipinski definition) is 2. The number of rotatable bonds is 11. The summed E-state index contributed by atoms with van der Waals surface area (Å²) in [7, 11) is 1.66. The summed E-state index contributed by atoms with van der Waals surface area (Å²) in [5.41, 5.74) is 0. The highest BCUT2D eigenvalue weighted by Gasteiger charge is 2.20. The van der Waals surface area contributed by atoms with Crippen LogP contribution in [0.1, 0.15) is 27.2 Å². The van der Waals surface area contributed by atoms with E-state index in [0.717, 1.165) is 26.1 Å². The Kier molecular flexibility index (Phi) is 9.92. The van der Waals surface area contributed by atoms with Crippen molar-refractivity contribution in [3.05, 3.63) is 0 Å². The molecule has 18 heavy (non-hydrogen) atoms. The molecule has 108 valence electrons. The largest absolute Gasteiger partial charge is 0.480 e. The minimum absolute atomic E-state index is 0.499. The smallest absolute Gasteiger partial charge is 0.322 e. The zero-order chi connectivity index (χ0) is 14.0. The fourth-order valence-corrected chi connectivity index (χ4v) is 1.80. The third-order valence-corrected chi connectivity index (χ3v) is 2.61. The zero-order valence-corrected chi connectivity index (χ0v) is 12.1. The van der Waals surface area contributed by atoms with E-state index in [9.17, 15) is 9.90 Å². The lowest BCUT2D eigenvalue weighted by Gasteiger charge is -2.27. The molecule has 0 aromatic rings. The second-order valence-electron chi connectivity index (χ2n) is 4.99. The Morgan fingerprint density at radius 1 is 1.39 bits per heavy atom. The maximum Gasteiger partial charge on any atom is 0.322 e. The van der Waals surface area contributed by atoms with Crippen LogP contribution in [-0.2, 0) is 9.53 Å². The molecule has 0 spiro atoms. The van der Waals surface area contributed by atoms with E-state index in [4.69, 9.17) is 4.74 Å². The average molecular weight is 260 g/mol. The number of methoxy groups -OCH3 is 1. The van der Waals surface area contributed by atoms with E-state index in [0.29, 0.717) is 19.1 Å². The third kappa shape index (κ3) is 8.44. The predicted molar refractivity (Wildman–Crippen MR) is 72.9 cm³/mol. The van der Waals surface area contributed by atoms with Crippen LogP contribution >= 0.6 is 0 Å². The van der Waals surface area contributed by atoms with Crippen LogP contribution in [0.2, 0.25) is 0 Å². The number of carbonyl (C=O) groups is 1. The van der Waals surface area contributed by atoms with Crippen LogP contribution in [0.25, 0.3) is 0 Å². The molecule has 0 heterocycles. The van der Waals surface area contributed by atoms with Gasteiger partial charge in [-0.2, -0.15) is 0 Å². The van der Waals surface area contributed by atoms with Crippen molar-refractivity contribution in [3.8, 4) is 0 Å². The standard InChI is InChI=1S/C13H28N2O3/c1-5-6-14-12(13(16)17)10-15(7-8-18-4)9-11(2)3/h11-12,14H,5-10H2,1-4H3,(H,16,17). The van der Waals surface area contributed by atoms with Crippen molar-refractivity contribution in [2.24, 2.45) is 5.92 Å². The van der Waals surface area contributed by atoms with E-state index >= 15 is 0 Å². The summed E-state index contributed by atoms with van der Waals surface area (Å²) < 4.78 is 5.07. The van der Waals surface area contributed by atoms with Crippen LogP contribution in [-0.4, -0.2) is 61.9 Å². The van der Waals surface area contributed by atoms with Gasteiger partial charge < -0.3 is 15.2 Å². The molecule has 5 nitrogen and oxygen atoms in total. The number of carboxylic acid groups (broad SMARTS) is 1. The summed E-state index contributed by atoms with van der Waals surface area (Å²) in [6.45, 7) is 9.85. The van der Waals surface area contributed by atoms with Gasteiger partial charge in [-0.05, 0) is 18.9 Å². The fourth-order valence-electron chi connectivity index (χ4n) is 1.80. The summed E-state index contributed by atoms with van der Waals surface area (Å²) in [6.07, 6.45) is 0.937. The Hall–Kier alpha value is -0.650. The van der Waals surface area contributed by atoms with E-state index in [-0.39, 0.29) is 0 Å². The minimum Gasteiger partial charge on any atom is -0.480 e. The zero-order valence-electron chi connectivity index (χ0n) is 12.1. The van der Waals surface area contributed by atoms with Crippen molar-refractivity contribution in [2.75, 3.05) is 39.9 Å². The van der Waals surface area contributed by atoms with Gasteiger partial charge in [-0.1, -0.05) is 20.8 Å². The Morgan fingerprint density at radius 2 is 2.06 bits per heavy atom. The van der Waals surface area contributed by atoms with Gasteiger partial charge in [0.05, 0.1) is 6.61 Å². The molecule has 0 aromatic carbocycles. The molecule has 0 saturated heterocycles. The monoisotopic (exact) mass is 260 g/mol. The molecular formula is C13H28N2O3. The summed E-state index contributed by atoms with van der Waals surface area (Å²) >= 11 is 0. The molecule has 0 aliphatic rings. The van der Waals surface area contributed by atoms with Gasteiger partial charge in [0.1, 0.15) is 6.04 Å². The molecular weight excluding hydrogens is 232 g/mol. The second-order valence-corrected chi connectivity index (χ2v) is 4.99. The van der Waals surface area contributed by atoms with Crippen LogP contribution < -0.4 is 5.32 Å². The molecule has 2 N–H and O–H groups in total. The van der Waals surface area contributed by atoms with Crippen molar-refractivity contribution < 1.29 is 14.6 Å². The van der Waals surface area contributed by atoms with Gasteiger partial charge in [0, 0.05) is 26.7 Å². The highest BCUT2D eigenvalue weighted by Crippen LogP contribution is 2.01. The van der Waals surface area contributed by atoms with Crippen molar-refractivity contribution in [2.45, 2.75) is 33.2 Å². The van der Waals surface area contributed by atoms with Crippen molar-refractivity contribution in [3.63, 3.8) is 0 Å². The van der Waals surface area contributed by atoms with E-state index in [1.807, 2.05) is 6.92 Å². The Bertz CT molecular complexity index is 222. The van der Waals surface area contributed by atoms with Crippen LogP contribution in [0.5, 0.6) is 0 Å². The molecule has 0 amide bonds. The number of carboxylic acids is 1. The topological polar surface area (TPSA) is 61.8 Å². The van der Waals surface area contributed by atoms with Gasteiger partial charge in [-0.3, -0.25) is 9.69 Å². The fraction of sp³-hybridized carbons (Fsp3) is 0.923. The molecule has 0 aromatic heterocycles. The maximum absolute atomic E-state index is 11.2. The summed E-state index contributed by atoms with van der Waals surface area (Å²) in [5, 5.41) is 12.3. The third-order valence-electron chi connectivity index (χ3n) is 2.61. The van der Waals surface area contributed by atoms with Gasteiger partial charge in [0.2, 0.25) is 0 Å². The summed E-state index contributed by atoms with van der Waals surface area (Å²) in [5.74, 6) is -0.267. The molecule has 0 aliphatic heterocycles. The quantitative estimate of drug-likeness (QED) is 0.581. The molecule has 0 fully saturated rings. The van der Waals surface area contributed by atoms with E-state index < -0.39 is 12.0 Å². The highest BCUT2D eigenvalue weighted by molar-refractivity contribution is 5.73. The number of hydrogen-bond acceptors (Lipinski definition) is 4. The SMILES string of the molecule is CCCNC(CN(CCOC)CC(C)C)C(=O)O. The van der Waals surface area contributed by atoms with Gasteiger partial charge in [-0.25, -0.2) is 0 Å². The number of ether oxygens (including phenoxy) is 1. The normalized spacial score (nSPS) is 13.2. The van der Waals surface area contributed by atoms with Gasteiger partial charge in [0.25, 0.3) is 0 Å². The first-order chi connectivity index (χ1) is 8.51. The Balaban J connectivity index is 4.32. The Morgan fingerprint density at radius 3 is 2.50 bits per heavy atom. The second kappa shape index (κ2) is 10.3. The predicted octanol–water partition coefficient (Wildman–Crippen LogP) is 1.04. The van der Waals surface area contributed by atoms with Crippen molar-refractivity contribution in [1.29, 1.82) is 0 Å². The van der Waals surface area contributed by atoms with Crippen LogP contribution in [0, 0.1) is 5.92 Å². The van der Waals surface area contributed by atoms with E-state index in [2.05, 4.69) is 24.1 Å². The minimum atomic E-state index is -0.783. The van der Waals surface area contributed by atoms with Crippen LogP contribution in [0.15, 0.2) is 0 Å². The molecule has 0 aliphatic carbocycles. The van der Waals surface area contributed by atoms with Crippen molar-refractivity contribution >= 4 is 5.97 Å².